The van der Waals surface area contributed by atoms with Crippen LogP contribution in [-0.2, 0) is 11.2 Å². The van der Waals surface area contributed by atoms with Crippen molar-refractivity contribution in [2.24, 2.45) is 5.92 Å². The average Bonchev–Trinajstić information content (AvgIpc) is 3.72. The highest BCUT2D eigenvalue weighted by atomic mass is 35.5. The summed E-state index contributed by atoms with van der Waals surface area (Å²) in [4.78, 5) is 18.4. The van der Waals surface area contributed by atoms with E-state index >= 15 is 4.39 Å². The molecule has 5 aliphatic heterocycles. The molecule has 0 spiro atoms. The Bertz CT molecular complexity index is 1720. The molecule has 0 amide bonds. The van der Waals surface area contributed by atoms with Gasteiger partial charge >= 0.3 is 6.01 Å². The molecule has 9 rings (SSSR count). The maximum atomic E-state index is 16.9. The van der Waals surface area contributed by atoms with Crippen molar-refractivity contribution in [3.8, 4) is 17.3 Å². The molecule has 0 saturated carbocycles. The quantitative estimate of drug-likeness (QED) is 0.337. The standard InChI is InChI=1S/C31H35ClF2N8O2/c32-23-8-24-21(12-37-40-24)25-20(23)4-1-2-7-43-15-18-10-35-17-41(13-18)29-22-11-36-28(25)26(34)27(22)38-30(39-29)44-16-31-5-3-6-42(31)14-19(33)9-31/h8,11-12,18-19,35H,1-7,9-10,13-17H2,(H,37,40)/t18-,19+,31-/m0/s1. The minimum atomic E-state index is -0.880. The van der Waals surface area contributed by atoms with Gasteiger partial charge in [-0.05, 0) is 50.3 Å². The summed E-state index contributed by atoms with van der Waals surface area (Å²) in [6.07, 6.45) is 7.03. The second kappa shape index (κ2) is 11.3. The lowest BCUT2D eigenvalue weighted by Gasteiger charge is -2.35. The number of alkyl halides is 1. The number of rotatable bonds is 3. The van der Waals surface area contributed by atoms with Gasteiger partial charge in [-0.3, -0.25) is 20.3 Å². The number of nitrogens with zero attached hydrogens (tertiary/aromatic N) is 6. The molecule has 0 unspecified atom stereocenters. The summed E-state index contributed by atoms with van der Waals surface area (Å²) in [5, 5.41) is 12.4. The largest absolute Gasteiger partial charge is 0.461 e. The highest BCUT2D eigenvalue weighted by Gasteiger charge is 2.49. The van der Waals surface area contributed by atoms with Gasteiger partial charge in [-0.1, -0.05) is 11.6 Å². The van der Waals surface area contributed by atoms with Crippen LogP contribution in [0.3, 0.4) is 0 Å². The molecule has 1 aromatic carbocycles. The van der Waals surface area contributed by atoms with E-state index in [1.165, 1.54) is 0 Å². The van der Waals surface area contributed by atoms with Crippen LogP contribution in [0.4, 0.5) is 14.6 Å². The van der Waals surface area contributed by atoms with E-state index < -0.39 is 12.0 Å². The number of H-pyrrole nitrogens is 1. The van der Waals surface area contributed by atoms with Crippen LogP contribution in [0.5, 0.6) is 6.01 Å². The monoisotopic (exact) mass is 624 g/mol. The Labute approximate surface area is 258 Å². The van der Waals surface area contributed by atoms with Gasteiger partial charge in [0.2, 0.25) is 0 Å². The fourth-order valence-corrected chi connectivity index (χ4v) is 7.94. The molecule has 0 aliphatic carbocycles. The molecule has 13 heteroatoms. The Morgan fingerprint density at radius 1 is 1.16 bits per heavy atom. The SMILES string of the molecule is Fc1c2ncc3c(nc(OC[C@@]45CCCN4C[C@H](F)C5)nc13)N1CNC[C@H](COCCCCc3c(Cl)cc4[nH]ncc4c3-2)C1. The van der Waals surface area contributed by atoms with E-state index in [9.17, 15) is 4.39 Å². The first-order chi connectivity index (χ1) is 21.5. The first-order valence-electron chi connectivity index (χ1n) is 15.6. The first-order valence-corrected chi connectivity index (χ1v) is 15.9. The second-order valence-electron chi connectivity index (χ2n) is 12.7. The number of pyridine rings is 1. The van der Waals surface area contributed by atoms with E-state index in [1.54, 1.807) is 12.4 Å². The van der Waals surface area contributed by atoms with E-state index in [2.05, 4.69) is 30.3 Å². The molecule has 3 aromatic heterocycles. The number of nitrogens with one attached hydrogen (secondary N) is 2. The maximum absolute atomic E-state index is 16.9. The lowest BCUT2D eigenvalue weighted by Crippen LogP contribution is -2.49. The van der Waals surface area contributed by atoms with Crippen LogP contribution in [0.1, 0.15) is 37.7 Å². The van der Waals surface area contributed by atoms with E-state index in [-0.39, 0.29) is 35.3 Å². The molecule has 2 N–H and O–H groups in total. The third kappa shape index (κ3) is 4.86. The summed E-state index contributed by atoms with van der Waals surface area (Å²) in [6.45, 7) is 4.77. The third-order valence-electron chi connectivity index (χ3n) is 9.74. The van der Waals surface area contributed by atoms with Crippen molar-refractivity contribution in [1.82, 2.24) is 35.4 Å². The Morgan fingerprint density at radius 3 is 3.02 bits per heavy atom. The summed E-state index contributed by atoms with van der Waals surface area (Å²) in [6, 6.07) is 1.91. The van der Waals surface area contributed by atoms with E-state index in [4.69, 9.17) is 31.0 Å². The summed E-state index contributed by atoms with van der Waals surface area (Å²) in [5.41, 5.74) is 2.03. The molecular weight excluding hydrogens is 590 g/mol. The molecule has 8 heterocycles. The van der Waals surface area contributed by atoms with Crippen LogP contribution in [0.25, 0.3) is 33.1 Å². The number of aromatic amines is 1. The van der Waals surface area contributed by atoms with Gasteiger partial charge in [0.25, 0.3) is 0 Å². The number of anilines is 1. The van der Waals surface area contributed by atoms with Crippen LogP contribution in [0.15, 0.2) is 18.5 Å². The zero-order valence-electron chi connectivity index (χ0n) is 24.4. The van der Waals surface area contributed by atoms with Gasteiger partial charge in [0.1, 0.15) is 29.8 Å². The van der Waals surface area contributed by atoms with Crippen molar-refractivity contribution in [3.63, 3.8) is 0 Å². The van der Waals surface area contributed by atoms with Crippen molar-refractivity contribution in [2.75, 3.05) is 57.6 Å². The lowest BCUT2D eigenvalue weighted by atomic mass is 9.95. The molecule has 4 aromatic rings. The van der Waals surface area contributed by atoms with Gasteiger partial charge in [-0.2, -0.15) is 15.1 Å². The van der Waals surface area contributed by atoms with Gasteiger partial charge in [-0.15, -0.1) is 0 Å². The van der Waals surface area contributed by atoms with Gasteiger partial charge in [0.15, 0.2) is 5.82 Å². The Kier molecular flexibility index (Phi) is 7.27. The Morgan fingerprint density at radius 2 is 2.09 bits per heavy atom. The van der Waals surface area contributed by atoms with Crippen LogP contribution < -0.4 is 15.0 Å². The Hall–Kier alpha value is -3.19. The highest BCUT2D eigenvalue weighted by Crippen LogP contribution is 2.42. The zero-order chi connectivity index (χ0) is 29.8. The summed E-state index contributed by atoms with van der Waals surface area (Å²) >= 11 is 6.81. The number of ether oxygens (including phenoxy) is 2. The molecule has 10 nitrogen and oxygen atoms in total. The van der Waals surface area contributed by atoms with Gasteiger partial charge < -0.3 is 14.4 Å². The van der Waals surface area contributed by atoms with Crippen molar-refractivity contribution in [2.45, 2.75) is 50.2 Å². The molecule has 0 radical (unpaired) electrons. The third-order valence-corrected chi connectivity index (χ3v) is 10.1. The van der Waals surface area contributed by atoms with Crippen LogP contribution in [-0.4, -0.2) is 94.4 Å². The van der Waals surface area contributed by atoms with E-state index in [0.717, 1.165) is 49.7 Å². The fourth-order valence-electron chi connectivity index (χ4n) is 7.64. The Balaban J connectivity index is 1.28. The number of benzene rings is 1. The molecule has 6 bridgehead atoms. The molecule has 44 heavy (non-hydrogen) atoms. The number of aromatic nitrogens is 5. The molecule has 232 valence electrons. The summed E-state index contributed by atoms with van der Waals surface area (Å²) < 4.78 is 43.8. The van der Waals surface area contributed by atoms with Crippen LogP contribution in [0, 0.1) is 11.7 Å². The number of halogens is 3. The summed E-state index contributed by atoms with van der Waals surface area (Å²) in [5.74, 6) is 0.200. The second-order valence-corrected chi connectivity index (χ2v) is 13.1. The fraction of sp³-hybridized carbons (Fsp3) is 0.548. The van der Waals surface area contributed by atoms with Crippen LogP contribution in [0.2, 0.25) is 5.02 Å². The van der Waals surface area contributed by atoms with E-state index in [1.807, 2.05) is 6.07 Å². The van der Waals surface area contributed by atoms with Crippen molar-refractivity contribution in [3.05, 3.63) is 34.9 Å². The molecular formula is C31H35ClF2N8O2. The lowest BCUT2D eigenvalue weighted by molar-refractivity contribution is 0.0933. The van der Waals surface area contributed by atoms with Gasteiger partial charge in [-0.25, -0.2) is 8.78 Å². The average molecular weight is 625 g/mol. The van der Waals surface area contributed by atoms with Gasteiger partial charge in [0.05, 0.1) is 35.9 Å². The zero-order valence-corrected chi connectivity index (χ0v) is 25.2. The smallest absolute Gasteiger partial charge is 0.319 e. The topological polar surface area (TPSA) is 104 Å². The van der Waals surface area contributed by atoms with Crippen LogP contribution >= 0.6 is 11.6 Å². The predicted octanol–water partition coefficient (Wildman–Crippen LogP) is 4.65. The minimum absolute atomic E-state index is 0.0753. The van der Waals surface area contributed by atoms with Crippen molar-refractivity contribution >= 4 is 39.2 Å². The molecule has 3 atom stereocenters. The normalized spacial score (nSPS) is 26.1. The maximum Gasteiger partial charge on any atom is 0.319 e. The van der Waals surface area contributed by atoms with Gasteiger partial charge in [0, 0.05) is 60.7 Å². The number of hydrogen-bond acceptors (Lipinski definition) is 9. The molecule has 5 aliphatic rings. The first kappa shape index (κ1) is 28.3. The number of hydrogen-bond donors (Lipinski definition) is 2. The van der Waals surface area contributed by atoms with Crippen molar-refractivity contribution in [1.29, 1.82) is 0 Å². The van der Waals surface area contributed by atoms with Crippen molar-refractivity contribution < 1.29 is 18.3 Å². The molecule has 3 saturated heterocycles. The van der Waals surface area contributed by atoms with E-state index in [0.29, 0.717) is 73.1 Å². The minimum Gasteiger partial charge on any atom is -0.461 e. The summed E-state index contributed by atoms with van der Waals surface area (Å²) in [7, 11) is 0. The predicted molar refractivity (Wildman–Crippen MR) is 163 cm³/mol. The highest BCUT2D eigenvalue weighted by molar-refractivity contribution is 6.33. The molecule has 3 fully saturated rings. The number of fused-ring (bicyclic) bond motifs is 8.